The molecular weight excluding hydrogens is 489 g/mol. The molecule has 3 aromatic rings. The number of alkyl halides is 3. The average molecular weight is 515 g/mol. The largest absolute Gasteiger partial charge is 0.416 e. The minimum atomic E-state index is -4.40. The summed E-state index contributed by atoms with van der Waals surface area (Å²) in [5.74, 6) is -0.101. The number of carbonyl (C=O) groups is 2. The molecule has 0 spiro atoms. The number of piperazine rings is 1. The summed E-state index contributed by atoms with van der Waals surface area (Å²) >= 11 is 1.35. The molecular formula is C26H25F3N4O2S. The van der Waals surface area contributed by atoms with Gasteiger partial charge in [-0.15, -0.1) is 11.3 Å². The van der Waals surface area contributed by atoms with Crippen molar-refractivity contribution >= 4 is 23.2 Å². The van der Waals surface area contributed by atoms with E-state index in [9.17, 15) is 22.8 Å². The highest BCUT2D eigenvalue weighted by molar-refractivity contribution is 7.11. The van der Waals surface area contributed by atoms with Crippen LogP contribution < -0.4 is 0 Å². The van der Waals surface area contributed by atoms with Gasteiger partial charge in [0.25, 0.3) is 11.8 Å². The summed E-state index contributed by atoms with van der Waals surface area (Å²) in [4.78, 5) is 35.6. The van der Waals surface area contributed by atoms with Crippen molar-refractivity contribution in [1.82, 2.24) is 19.7 Å². The maximum atomic E-state index is 13.1. The van der Waals surface area contributed by atoms with Gasteiger partial charge in [0.1, 0.15) is 0 Å². The van der Waals surface area contributed by atoms with Crippen molar-refractivity contribution in [2.75, 3.05) is 39.3 Å². The second-order valence-corrected chi connectivity index (χ2v) is 10.0. The van der Waals surface area contributed by atoms with Gasteiger partial charge in [-0.25, -0.2) is 4.98 Å². The third kappa shape index (κ3) is 4.87. The topological polar surface area (TPSA) is 56.8 Å². The van der Waals surface area contributed by atoms with Gasteiger partial charge in [-0.3, -0.25) is 14.5 Å². The lowest BCUT2D eigenvalue weighted by Gasteiger charge is -2.48. The van der Waals surface area contributed by atoms with Crippen LogP contribution >= 0.6 is 11.3 Å². The Kier molecular flexibility index (Phi) is 6.57. The van der Waals surface area contributed by atoms with E-state index in [4.69, 9.17) is 0 Å². The van der Waals surface area contributed by atoms with Crippen LogP contribution in [0.25, 0.3) is 11.1 Å². The van der Waals surface area contributed by atoms with Gasteiger partial charge < -0.3 is 9.80 Å². The molecule has 36 heavy (non-hydrogen) atoms. The Balaban J connectivity index is 1.17. The first-order valence-electron chi connectivity index (χ1n) is 11.7. The van der Waals surface area contributed by atoms with E-state index in [-0.39, 0.29) is 17.9 Å². The van der Waals surface area contributed by atoms with Crippen LogP contribution in [0.4, 0.5) is 13.2 Å². The maximum Gasteiger partial charge on any atom is 0.416 e. The van der Waals surface area contributed by atoms with Crippen LogP contribution in [0.2, 0.25) is 0 Å². The number of aromatic nitrogens is 1. The molecule has 2 aliphatic heterocycles. The summed E-state index contributed by atoms with van der Waals surface area (Å²) in [5, 5.41) is 2.31. The van der Waals surface area contributed by atoms with Crippen molar-refractivity contribution in [1.29, 1.82) is 0 Å². The first-order chi connectivity index (χ1) is 17.2. The van der Waals surface area contributed by atoms with Crippen molar-refractivity contribution in [3.8, 4) is 11.1 Å². The number of carbonyl (C=O) groups excluding carboxylic acids is 2. The third-order valence-electron chi connectivity index (χ3n) is 6.86. The highest BCUT2D eigenvalue weighted by Gasteiger charge is 2.37. The van der Waals surface area contributed by atoms with Gasteiger partial charge in [-0.05, 0) is 41.8 Å². The zero-order valence-electron chi connectivity index (χ0n) is 19.7. The van der Waals surface area contributed by atoms with Crippen molar-refractivity contribution in [3.05, 3.63) is 75.7 Å². The number of thiazole rings is 1. The molecule has 2 aliphatic rings. The van der Waals surface area contributed by atoms with E-state index in [0.717, 1.165) is 30.8 Å². The van der Waals surface area contributed by atoms with Crippen LogP contribution in [0, 0.1) is 6.92 Å². The first kappa shape index (κ1) is 24.5. The standard InChI is InChI=1S/C26H25F3N4O2S/c1-17-13-19(18-3-2-4-20(14-18)26(27,28)29)5-6-22(17)24(34)33-15-21(16-33)31-8-10-32(11-9-31)25(35)23-30-7-12-36-23/h2-7,12-14,21H,8-11,15-16H2,1H3. The van der Waals surface area contributed by atoms with E-state index in [1.165, 1.54) is 17.4 Å². The van der Waals surface area contributed by atoms with Gasteiger partial charge in [0.15, 0.2) is 5.01 Å². The summed E-state index contributed by atoms with van der Waals surface area (Å²) in [7, 11) is 0. The maximum absolute atomic E-state index is 13.1. The minimum Gasteiger partial charge on any atom is -0.335 e. The Bertz CT molecular complexity index is 1260. The van der Waals surface area contributed by atoms with Gasteiger partial charge in [0, 0.05) is 62.5 Å². The lowest BCUT2D eigenvalue weighted by Crippen LogP contribution is -2.64. The monoisotopic (exact) mass is 514 g/mol. The fourth-order valence-corrected chi connectivity index (χ4v) is 5.34. The summed E-state index contributed by atoms with van der Waals surface area (Å²) in [6.45, 7) is 5.84. The number of nitrogens with zero attached hydrogens (tertiary/aromatic N) is 4. The molecule has 5 rings (SSSR count). The molecule has 3 heterocycles. The molecule has 188 valence electrons. The molecule has 0 bridgehead atoms. The zero-order chi connectivity index (χ0) is 25.4. The average Bonchev–Trinajstić information content (AvgIpc) is 3.37. The van der Waals surface area contributed by atoms with Crippen molar-refractivity contribution in [2.24, 2.45) is 0 Å². The number of benzene rings is 2. The van der Waals surface area contributed by atoms with Crippen molar-refractivity contribution in [2.45, 2.75) is 19.1 Å². The quantitative estimate of drug-likeness (QED) is 0.517. The molecule has 0 aliphatic carbocycles. The van der Waals surface area contributed by atoms with Gasteiger partial charge in [0.05, 0.1) is 5.56 Å². The van der Waals surface area contributed by atoms with Crippen LogP contribution in [0.5, 0.6) is 0 Å². The molecule has 2 aromatic carbocycles. The number of rotatable bonds is 4. The SMILES string of the molecule is Cc1cc(-c2cccc(C(F)(F)F)c2)ccc1C(=O)N1CC(N2CCN(C(=O)c3nccs3)CC2)C1. The molecule has 6 nitrogen and oxygen atoms in total. The van der Waals surface area contributed by atoms with E-state index < -0.39 is 11.7 Å². The number of aryl methyl sites for hydroxylation is 1. The zero-order valence-corrected chi connectivity index (χ0v) is 20.5. The molecule has 0 N–H and O–H groups in total. The molecule has 0 saturated carbocycles. The lowest BCUT2D eigenvalue weighted by atomic mass is 9.96. The number of halogens is 3. The van der Waals surface area contributed by atoms with Crippen molar-refractivity contribution in [3.63, 3.8) is 0 Å². The predicted molar refractivity (Wildman–Crippen MR) is 131 cm³/mol. The van der Waals surface area contributed by atoms with Gasteiger partial charge in [0.2, 0.25) is 0 Å². The summed E-state index contributed by atoms with van der Waals surface area (Å²) < 4.78 is 39.2. The van der Waals surface area contributed by atoms with Crippen LogP contribution in [0.3, 0.4) is 0 Å². The molecule has 0 unspecified atom stereocenters. The fourth-order valence-electron chi connectivity index (χ4n) is 4.74. The predicted octanol–water partition coefficient (Wildman–Crippen LogP) is 4.42. The Hall–Kier alpha value is -3.24. The van der Waals surface area contributed by atoms with E-state index in [0.29, 0.717) is 47.9 Å². The third-order valence-corrected chi connectivity index (χ3v) is 7.62. The molecule has 0 atom stereocenters. The van der Waals surface area contributed by atoms with E-state index >= 15 is 0 Å². The second kappa shape index (κ2) is 9.67. The van der Waals surface area contributed by atoms with Crippen LogP contribution in [0.15, 0.2) is 54.0 Å². The summed E-state index contributed by atoms with van der Waals surface area (Å²) in [6.07, 6.45) is -2.77. The fraction of sp³-hybridized carbons (Fsp3) is 0.346. The van der Waals surface area contributed by atoms with Crippen LogP contribution in [-0.2, 0) is 6.18 Å². The van der Waals surface area contributed by atoms with E-state index in [1.807, 2.05) is 4.90 Å². The van der Waals surface area contributed by atoms with Crippen LogP contribution in [0.1, 0.15) is 31.3 Å². The molecule has 1 aromatic heterocycles. The Labute approximate surface area is 211 Å². The second-order valence-electron chi connectivity index (χ2n) is 9.14. The van der Waals surface area contributed by atoms with Gasteiger partial charge in [-0.2, -0.15) is 13.2 Å². The van der Waals surface area contributed by atoms with Gasteiger partial charge in [-0.1, -0.05) is 24.3 Å². The van der Waals surface area contributed by atoms with Crippen molar-refractivity contribution < 1.29 is 22.8 Å². The van der Waals surface area contributed by atoms with Crippen LogP contribution in [-0.4, -0.2) is 76.8 Å². The van der Waals surface area contributed by atoms with E-state index in [1.54, 1.807) is 47.7 Å². The van der Waals surface area contributed by atoms with E-state index in [2.05, 4.69) is 9.88 Å². The molecule has 10 heteroatoms. The molecule has 2 saturated heterocycles. The molecule has 0 radical (unpaired) electrons. The lowest BCUT2D eigenvalue weighted by molar-refractivity contribution is -0.137. The Morgan fingerprint density at radius 3 is 2.31 bits per heavy atom. The molecule has 2 amide bonds. The molecule has 2 fully saturated rings. The Morgan fingerprint density at radius 2 is 1.67 bits per heavy atom. The summed E-state index contributed by atoms with van der Waals surface area (Å²) in [6, 6.07) is 10.6. The Morgan fingerprint density at radius 1 is 0.944 bits per heavy atom. The normalized spacial score (nSPS) is 17.2. The summed E-state index contributed by atoms with van der Waals surface area (Å²) in [5.41, 5.74) is 1.69. The number of hydrogen-bond acceptors (Lipinski definition) is 5. The highest BCUT2D eigenvalue weighted by atomic mass is 32.1. The van der Waals surface area contributed by atoms with Gasteiger partial charge >= 0.3 is 6.18 Å². The number of hydrogen-bond donors (Lipinski definition) is 0. The minimum absolute atomic E-state index is 0.0286. The number of amides is 2. The highest BCUT2D eigenvalue weighted by Crippen LogP contribution is 2.33. The number of likely N-dealkylation sites (tertiary alicyclic amines) is 1. The smallest absolute Gasteiger partial charge is 0.335 e. The first-order valence-corrected chi connectivity index (χ1v) is 12.6.